The highest BCUT2D eigenvalue weighted by Crippen LogP contribution is 2.15. The molecule has 110 valence electrons. The van der Waals surface area contributed by atoms with E-state index in [2.05, 4.69) is 24.3 Å². The second-order valence-electron chi connectivity index (χ2n) is 5.00. The maximum atomic E-state index is 12.1. The Balaban J connectivity index is 0. The Morgan fingerprint density at radius 1 is 1.44 bits per heavy atom. The van der Waals surface area contributed by atoms with E-state index in [1.165, 1.54) is 6.42 Å². The molecule has 0 aliphatic carbocycles. The van der Waals surface area contributed by atoms with Gasteiger partial charge in [0.15, 0.2) is 0 Å². The largest absolute Gasteiger partial charge is 0.341 e. The number of amides is 1. The summed E-state index contributed by atoms with van der Waals surface area (Å²) in [5, 5.41) is 3.06. The van der Waals surface area contributed by atoms with E-state index in [1.807, 2.05) is 18.9 Å². The molecule has 2 unspecified atom stereocenters. The van der Waals surface area contributed by atoms with Crippen LogP contribution in [-0.2, 0) is 4.79 Å². The third-order valence-electron chi connectivity index (χ3n) is 3.37. The highest BCUT2D eigenvalue weighted by atomic mass is 35.5. The van der Waals surface area contributed by atoms with Crippen LogP contribution >= 0.6 is 24.8 Å². The van der Waals surface area contributed by atoms with Gasteiger partial charge in [0.25, 0.3) is 0 Å². The summed E-state index contributed by atoms with van der Waals surface area (Å²) in [5.41, 5.74) is 0. The molecule has 1 amide bonds. The van der Waals surface area contributed by atoms with E-state index in [1.54, 1.807) is 0 Å². The first-order valence-corrected chi connectivity index (χ1v) is 6.16. The Labute approximate surface area is 123 Å². The van der Waals surface area contributed by atoms with Crippen molar-refractivity contribution in [3.8, 4) is 0 Å². The predicted molar refractivity (Wildman–Crippen MR) is 80.9 cm³/mol. The lowest BCUT2D eigenvalue weighted by atomic mass is 10.0. The van der Waals surface area contributed by atoms with Crippen molar-refractivity contribution in [2.75, 3.05) is 40.8 Å². The average molecular weight is 300 g/mol. The Morgan fingerprint density at radius 3 is 2.56 bits per heavy atom. The molecule has 1 heterocycles. The van der Waals surface area contributed by atoms with Crippen LogP contribution in [0.2, 0.25) is 0 Å². The monoisotopic (exact) mass is 299 g/mol. The Morgan fingerprint density at radius 2 is 2.06 bits per heavy atom. The van der Waals surface area contributed by atoms with Gasteiger partial charge < -0.3 is 15.1 Å². The molecule has 1 aliphatic heterocycles. The molecule has 0 aromatic heterocycles. The molecule has 2 atom stereocenters. The fourth-order valence-electron chi connectivity index (χ4n) is 2.28. The smallest absolute Gasteiger partial charge is 0.226 e. The highest BCUT2D eigenvalue weighted by Gasteiger charge is 2.27. The third-order valence-corrected chi connectivity index (χ3v) is 3.37. The van der Waals surface area contributed by atoms with Crippen molar-refractivity contribution < 1.29 is 4.79 Å². The Kier molecular flexibility index (Phi) is 11.1. The molecular formula is C12H27Cl2N3O. The number of rotatable bonds is 4. The first kappa shape index (κ1) is 20.3. The van der Waals surface area contributed by atoms with E-state index in [4.69, 9.17) is 0 Å². The third kappa shape index (κ3) is 5.74. The molecular weight excluding hydrogens is 273 g/mol. The van der Waals surface area contributed by atoms with Crippen molar-refractivity contribution in [1.29, 1.82) is 0 Å². The quantitative estimate of drug-likeness (QED) is 0.848. The van der Waals surface area contributed by atoms with Gasteiger partial charge in [-0.05, 0) is 34.0 Å². The second-order valence-corrected chi connectivity index (χ2v) is 5.00. The van der Waals surface area contributed by atoms with E-state index < -0.39 is 0 Å². The van der Waals surface area contributed by atoms with Gasteiger partial charge in [-0.15, -0.1) is 24.8 Å². The van der Waals surface area contributed by atoms with Gasteiger partial charge in [0.05, 0.1) is 0 Å². The lowest BCUT2D eigenvalue weighted by molar-refractivity contribution is -0.136. The van der Waals surface area contributed by atoms with Crippen molar-refractivity contribution in [3.63, 3.8) is 0 Å². The topological polar surface area (TPSA) is 35.6 Å². The standard InChI is InChI=1S/C12H25N3O.2ClH/c1-10(8-13-2)12(16)15-7-5-6-11(9-15)14(3)4;;/h10-11,13H,5-9H2,1-4H3;2*1H. The number of hydrogen-bond acceptors (Lipinski definition) is 3. The zero-order valence-corrected chi connectivity index (χ0v) is 13.4. The molecule has 6 heteroatoms. The van der Waals surface area contributed by atoms with Crippen molar-refractivity contribution in [2.24, 2.45) is 5.92 Å². The van der Waals surface area contributed by atoms with Crippen LogP contribution in [0.15, 0.2) is 0 Å². The van der Waals surface area contributed by atoms with Crippen LogP contribution in [0.1, 0.15) is 19.8 Å². The van der Waals surface area contributed by atoms with Gasteiger partial charge >= 0.3 is 0 Å². The zero-order chi connectivity index (χ0) is 12.1. The molecule has 4 nitrogen and oxygen atoms in total. The Hall–Kier alpha value is -0.0300. The molecule has 0 spiro atoms. The van der Waals surface area contributed by atoms with Crippen LogP contribution in [-0.4, -0.2) is 62.5 Å². The van der Waals surface area contributed by atoms with Crippen molar-refractivity contribution in [2.45, 2.75) is 25.8 Å². The minimum Gasteiger partial charge on any atom is -0.341 e. The van der Waals surface area contributed by atoms with Crippen LogP contribution < -0.4 is 5.32 Å². The van der Waals surface area contributed by atoms with Gasteiger partial charge in [-0.1, -0.05) is 6.92 Å². The molecule has 0 aromatic rings. The molecule has 1 rings (SSSR count). The van der Waals surface area contributed by atoms with Crippen LogP contribution in [0, 0.1) is 5.92 Å². The van der Waals surface area contributed by atoms with Gasteiger partial charge in [0.1, 0.15) is 0 Å². The molecule has 1 aliphatic rings. The number of likely N-dealkylation sites (tertiary alicyclic amines) is 1. The van der Waals surface area contributed by atoms with Crippen LogP contribution in [0.25, 0.3) is 0 Å². The van der Waals surface area contributed by atoms with Crippen LogP contribution in [0.5, 0.6) is 0 Å². The summed E-state index contributed by atoms with van der Waals surface area (Å²) < 4.78 is 0. The number of halogens is 2. The average Bonchev–Trinajstić information content (AvgIpc) is 2.28. The summed E-state index contributed by atoms with van der Waals surface area (Å²) in [6.07, 6.45) is 2.33. The Bertz CT molecular complexity index is 239. The molecule has 0 saturated carbocycles. The first-order valence-electron chi connectivity index (χ1n) is 6.16. The number of nitrogens with zero attached hydrogens (tertiary/aromatic N) is 2. The number of carbonyl (C=O) groups excluding carboxylic acids is 1. The number of nitrogens with one attached hydrogen (secondary N) is 1. The lowest BCUT2D eigenvalue weighted by Gasteiger charge is -2.37. The fraction of sp³-hybridized carbons (Fsp3) is 0.917. The molecule has 1 fully saturated rings. The number of carbonyl (C=O) groups is 1. The second kappa shape index (κ2) is 9.84. The van der Waals surface area contributed by atoms with Crippen LogP contribution in [0.3, 0.4) is 0 Å². The van der Waals surface area contributed by atoms with Gasteiger partial charge in [-0.2, -0.15) is 0 Å². The lowest BCUT2D eigenvalue weighted by Crippen LogP contribution is -2.49. The summed E-state index contributed by atoms with van der Waals surface area (Å²) >= 11 is 0. The summed E-state index contributed by atoms with van der Waals surface area (Å²) in [6.45, 7) is 4.58. The number of hydrogen-bond donors (Lipinski definition) is 1. The van der Waals surface area contributed by atoms with Crippen molar-refractivity contribution in [1.82, 2.24) is 15.1 Å². The summed E-state index contributed by atoms with van der Waals surface area (Å²) in [6, 6.07) is 0.527. The van der Waals surface area contributed by atoms with E-state index >= 15 is 0 Å². The normalized spacial score (nSPS) is 20.9. The minimum atomic E-state index is 0. The summed E-state index contributed by atoms with van der Waals surface area (Å²) in [7, 11) is 6.08. The van der Waals surface area contributed by atoms with E-state index in [0.29, 0.717) is 11.9 Å². The molecule has 18 heavy (non-hydrogen) atoms. The minimum absolute atomic E-state index is 0. The zero-order valence-electron chi connectivity index (χ0n) is 11.8. The summed E-state index contributed by atoms with van der Waals surface area (Å²) in [5.74, 6) is 0.381. The van der Waals surface area contributed by atoms with Gasteiger partial charge in [0, 0.05) is 31.6 Å². The fourth-order valence-corrected chi connectivity index (χ4v) is 2.28. The predicted octanol–water partition coefficient (Wildman–Crippen LogP) is 1.24. The first-order chi connectivity index (χ1) is 7.56. The molecule has 0 radical (unpaired) electrons. The van der Waals surface area contributed by atoms with Gasteiger partial charge in [-0.25, -0.2) is 0 Å². The van der Waals surface area contributed by atoms with E-state index in [0.717, 1.165) is 26.1 Å². The van der Waals surface area contributed by atoms with Crippen molar-refractivity contribution in [3.05, 3.63) is 0 Å². The maximum absolute atomic E-state index is 12.1. The molecule has 0 aromatic carbocycles. The number of likely N-dealkylation sites (N-methyl/N-ethyl adjacent to an activating group) is 1. The van der Waals surface area contributed by atoms with Gasteiger partial charge in [0.2, 0.25) is 5.91 Å². The molecule has 1 saturated heterocycles. The van der Waals surface area contributed by atoms with Gasteiger partial charge in [-0.3, -0.25) is 4.79 Å². The number of piperidine rings is 1. The maximum Gasteiger partial charge on any atom is 0.226 e. The van der Waals surface area contributed by atoms with E-state index in [9.17, 15) is 4.79 Å². The molecule has 0 bridgehead atoms. The van der Waals surface area contributed by atoms with Crippen molar-refractivity contribution >= 4 is 30.7 Å². The summed E-state index contributed by atoms with van der Waals surface area (Å²) in [4.78, 5) is 16.4. The van der Waals surface area contributed by atoms with Crippen LogP contribution in [0.4, 0.5) is 0 Å². The molecule has 1 N–H and O–H groups in total. The SMILES string of the molecule is CNCC(C)C(=O)N1CCCC(N(C)C)C1.Cl.Cl. The van der Waals surface area contributed by atoms with E-state index in [-0.39, 0.29) is 30.7 Å². The highest BCUT2D eigenvalue weighted by molar-refractivity contribution is 5.85.